The van der Waals surface area contributed by atoms with Crippen LogP contribution in [0.25, 0.3) is 54.6 Å². The minimum Gasteiger partial charge on any atom is -0.310 e. The fourth-order valence-electron chi connectivity index (χ4n) is 8.68. The first kappa shape index (κ1) is 35.3. The van der Waals surface area contributed by atoms with Crippen LogP contribution < -0.4 is 9.80 Å². The number of rotatable bonds is 8. The highest BCUT2D eigenvalue weighted by molar-refractivity contribution is 6.28. The molecule has 10 aromatic carbocycles. The van der Waals surface area contributed by atoms with Crippen molar-refractivity contribution in [2.45, 2.75) is 27.7 Å². The largest absolute Gasteiger partial charge is 0.310 e. The van der Waals surface area contributed by atoms with Gasteiger partial charge in [-0.25, -0.2) is 0 Å². The van der Waals surface area contributed by atoms with Gasteiger partial charge in [0.25, 0.3) is 0 Å². The lowest BCUT2D eigenvalue weighted by Gasteiger charge is -2.31. The smallest absolute Gasteiger partial charge is 0.0540 e. The van der Waals surface area contributed by atoms with Crippen molar-refractivity contribution in [3.63, 3.8) is 0 Å². The van der Waals surface area contributed by atoms with Gasteiger partial charge < -0.3 is 9.80 Å². The van der Waals surface area contributed by atoms with Crippen LogP contribution in [-0.4, -0.2) is 0 Å². The molecule has 58 heavy (non-hydrogen) atoms. The van der Waals surface area contributed by atoms with Gasteiger partial charge in [-0.15, -0.1) is 0 Å². The van der Waals surface area contributed by atoms with Crippen molar-refractivity contribution in [3.05, 3.63) is 216 Å². The molecule has 0 radical (unpaired) electrons. The second-order valence-corrected chi connectivity index (χ2v) is 15.7. The third-order valence-electron chi connectivity index (χ3n) is 11.8. The normalized spacial score (nSPS) is 11.4. The van der Waals surface area contributed by atoms with Gasteiger partial charge in [-0.3, -0.25) is 0 Å². The van der Waals surface area contributed by atoms with Crippen molar-refractivity contribution >= 4 is 66.4 Å². The minimum atomic E-state index is 1.13. The number of benzene rings is 10. The molecule has 0 aliphatic carbocycles. The molecule has 0 saturated heterocycles. The second kappa shape index (κ2) is 14.4. The number of nitrogens with zero attached hydrogens (tertiary/aromatic N) is 2. The van der Waals surface area contributed by atoms with Crippen molar-refractivity contribution in [2.24, 2.45) is 0 Å². The highest BCUT2D eigenvalue weighted by Crippen LogP contribution is 2.49. The summed E-state index contributed by atoms with van der Waals surface area (Å²) in [6.07, 6.45) is 0. The minimum absolute atomic E-state index is 1.13. The van der Waals surface area contributed by atoms with Crippen LogP contribution in [0.2, 0.25) is 0 Å². The lowest BCUT2D eigenvalue weighted by Crippen LogP contribution is -2.13. The van der Waals surface area contributed by atoms with Crippen LogP contribution in [0.15, 0.2) is 194 Å². The average Bonchev–Trinajstić information content (AvgIpc) is 3.27. The lowest BCUT2D eigenvalue weighted by molar-refractivity contribution is 1.25. The summed E-state index contributed by atoms with van der Waals surface area (Å²) in [6, 6.07) is 71.5. The Kier molecular flexibility index (Phi) is 8.76. The molecular weight excluding hydrogens is 701 g/mol. The van der Waals surface area contributed by atoms with Crippen molar-refractivity contribution in [2.75, 3.05) is 9.80 Å². The Balaban J connectivity index is 1.22. The first-order valence-electron chi connectivity index (χ1n) is 20.2. The summed E-state index contributed by atoms with van der Waals surface area (Å²) in [6.45, 7) is 8.76. The van der Waals surface area contributed by atoms with Crippen molar-refractivity contribution in [1.29, 1.82) is 0 Å². The molecular formula is C56H44N2. The fraction of sp³-hybridized carbons (Fsp3) is 0.0714. The van der Waals surface area contributed by atoms with Gasteiger partial charge in [-0.1, -0.05) is 157 Å². The Labute approximate surface area is 341 Å². The van der Waals surface area contributed by atoms with Crippen LogP contribution >= 0.6 is 0 Å². The third-order valence-corrected chi connectivity index (χ3v) is 11.8. The van der Waals surface area contributed by atoms with Crippen LogP contribution in [0.4, 0.5) is 34.1 Å². The molecule has 2 nitrogen and oxygen atoms in total. The summed E-state index contributed by atoms with van der Waals surface area (Å²) in [5, 5.41) is 7.47. The number of anilines is 6. The Morgan fingerprint density at radius 1 is 0.293 bits per heavy atom. The number of hydrogen-bond donors (Lipinski definition) is 0. The number of hydrogen-bond acceptors (Lipinski definition) is 2. The zero-order valence-electron chi connectivity index (χ0n) is 33.4. The molecule has 2 heteroatoms. The molecule has 0 saturated carbocycles. The summed E-state index contributed by atoms with van der Waals surface area (Å²) in [4.78, 5) is 4.93. The van der Waals surface area contributed by atoms with Gasteiger partial charge in [0.1, 0.15) is 0 Å². The van der Waals surface area contributed by atoms with Gasteiger partial charge in [-0.05, 0) is 131 Å². The summed E-state index contributed by atoms with van der Waals surface area (Å²) in [7, 11) is 0. The maximum Gasteiger partial charge on any atom is 0.0540 e. The van der Waals surface area contributed by atoms with Gasteiger partial charge in [0.15, 0.2) is 0 Å². The second-order valence-electron chi connectivity index (χ2n) is 15.7. The van der Waals surface area contributed by atoms with E-state index in [9.17, 15) is 0 Å². The van der Waals surface area contributed by atoms with Crippen LogP contribution in [0.3, 0.4) is 0 Å². The summed E-state index contributed by atoms with van der Waals surface area (Å²) in [5.41, 5.74) is 16.6. The van der Waals surface area contributed by atoms with E-state index in [1.165, 1.54) is 88.2 Å². The van der Waals surface area contributed by atoms with E-state index < -0.39 is 0 Å². The molecule has 0 fully saturated rings. The Bertz CT molecular complexity index is 2860. The van der Waals surface area contributed by atoms with E-state index in [1.54, 1.807) is 0 Å². The van der Waals surface area contributed by atoms with Crippen LogP contribution in [0.1, 0.15) is 22.3 Å². The fourth-order valence-corrected chi connectivity index (χ4v) is 8.68. The molecule has 0 spiro atoms. The summed E-state index contributed by atoms with van der Waals surface area (Å²) < 4.78 is 0. The molecule has 0 aliphatic heterocycles. The Hall–Kier alpha value is -7.16. The maximum atomic E-state index is 2.46. The van der Waals surface area contributed by atoms with E-state index in [2.05, 4.69) is 232 Å². The molecule has 10 aromatic rings. The van der Waals surface area contributed by atoms with Gasteiger partial charge in [0.2, 0.25) is 0 Å². The predicted molar refractivity (Wildman–Crippen MR) is 249 cm³/mol. The lowest BCUT2D eigenvalue weighted by atomic mass is 9.91. The van der Waals surface area contributed by atoms with Crippen molar-refractivity contribution < 1.29 is 0 Å². The quantitative estimate of drug-likeness (QED) is 0.143. The predicted octanol–water partition coefficient (Wildman–Crippen LogP) is 16.1. The van der Waals surface area contributed by atoms with E-state index in [0.717, 1.165) is 22.7 Å². The van der Waals surface area contributed by atoms with Crippen LogP contribution in [0, 0.1) is 27.7 Å². The zero-order chi connectivity index (χ0) is 39.3. The Morgan fingerprint density at radius 3 is 1.07 bits per heavy atom. The zero-order valence-corrected chi connectivity index (χ0v) is 33.4. The average molecular weight is 745 g/mol. The SMILES string of the molecule is Cc1ccc(N(c2cc(-c3ccccc3)ccc2C)c2ccc3ccc4c(N(c5ccc(C)cc5)c5cc(-c6ccccc6)ccc5C)ccc5ccc2c3c54)cc1. The molecule has 0 N–H and O–H groups in total. The van der Waals surface area contributed by atoms with Gasteiger partial charge in [0.05, 0.1) is 11.4 Å². The van der Waals surface area contributed by atoms with Crippen molar-refractivity contribution in [3.8, 4) is 22.3 Å². The maximum absolute atomic E-state index is 2.46. The van der Waals surface area contributed by atoms with E-state index in [0.29, 0.717) is 0 Å². The van der Waals surface area contributed by atoms with Gasteiger partial charge >= 0.3 is 0 Å². The first-order valence-corrected chi connectivity index (χ1v) is 20.2. The third kappa shape index (κ3) is 6.15. The van der Waals surface area contributed by atoms with Gasteiger partial charge in [0, 0.05) is 33.5 Å². The summed E-state index contributed by atoms with van der Waals surface area (Å²) >= 11 is 0. The monoisotopic (exact) mass is 744 g/mol. The van der Waals surface area contributed by atoms with E-state index in [4.69, 9.17) is 0 Å². The van der Waals surface area contributed by atoms with E-state index in [-0.39, 0.29) is 0 Å². The van der Waals surface area contributed by atoms with E-state index >= 15 is 0 Å². The molecule has 0 unspecified atom stereocenters. The van der Waals surface area contributed by atoms with E-state index in [1.807, 2.05) is 0 Å². The summed E-state index contributed by atoms with van der Waals surface area (Å²) in [5.74, 6) is 0. The van der Waals surface area contributed by atoms with Crippen LogP contribution in [0.5, 0.6) is 0 Å². The first-order chi connectivity index (χ1) is 28.4. The molecule has 0 bridgehead atoms. The molecule has 0 aliphatic rings. The Morgan fingerprint density at radius 2 is 0.672 bits per heavy atom. The molecule has 0 heterocycles. The molecule has 0 amide bonds. The standard InChI is InChI=1S/C56H44N2/c1-37-15-27-47(28-16-37)57(53-35-45(21-19-39(53)3)41-11-7-5-8-12-41)51-33-25-43-24-32-50-52(34-26-44-23-31-49(51)55(43)56(44)50)58(48-29-17-38(2)18-30-48)54-36-46(22-20-40(54)4)42-13-9-6-10-14-42/h5-36H,1-4H3. The topological polar surface area (TPSA) is 6.48 Å². The molecule has 0 aromatic heterocycles. The highest BCUT2D eigenvalue weighted by Gasteiger charge is 2.23. The van der Waals surface area contributed by atoms with Crippen LogP contribution in [-0.2, 0) is 0 Å². The molecule has 10 rings (SSSR count). The molecule has 278 valence electrons. The number of aryl methyl sites for hydroxylation is 4. The van der Waals surface area contributed by atoms with Crippen molar-refractivity contribution in [1.82, 2.24) is 0 Å². The van der Waals surface area contributed by atoms with Gasteiger partial charge in [-0.2, -0.15) is 0 Å². The molecule has 0 atom stereocenters. The highest BCUT2D eigenvalue weighted by atomic mass is 15.2.